The van der Waals surface area contributed by atoms with Gasteiger partial charge in [-0.25, -0.2) is 0 Å². The fourth-order valence-electron chi connectivity index (χ4n) is 2.09. The summed E-state index contributed by atoms with van der Waals surface area (Å²) >= 11 is 0. The van der Waals surface area contributed by atoms with Crippen molar-refractivity contribution < 1.29 is 4.92 Å². The molecule has 0 radical (unpaired) electrons. The van der Waals surface area contributed by atoms with Crippen molar-refractivity contribution in [2.75, 3.05) is 0 Å². The zero-order valence-electron chi connectivity index (χ0n) is 9.50. The first-order chi connectivity index (χ1) is 8.66. The van der Waals surface area contributed by atoms with Crippen LogP contribution >= 0.6 is 0 Å². The maximum absolute atomic E-state index is 11.5. The third kappa shape index (κ3) is 1.71. The molecule has 1 aliphatic carbocycles. The van der Waals surface area contributed by atoms with Crippen LogP contribution in [0.4, 0.5) is 5.69 Å². The van der Waals surface area contributed by atoms with Crippen molar-refractivity contribution in [2.24, 2.45) is 0 Å². The summed E-state index contributed by atoms with van der Waals surface area (Å²) in [5.74, 6) is 0.337. The number of aromatic amines is 1. The second kappa shape index (κ2) is 3.83. The number of hydrogen-bond acceptors (Lipinski definition) is 3. The van der Waals surface area contributed by atoms with Crippen molar-refractivity contribution >= 4 is 5.69 Å². The van der Waals surface area contributed by atoms with Crippen LogP contribution in [0.1, 0.15) is 24.5 Å². The number of nitro groups is 1. The molecule has 18 heavy (non-hydrogen) atoms. The van der Waals surface area contributed by atoms with Crippen LogP contribution in [0.25, 0.3) is 5.69 Å². The van der Waals surface area contributed by atoms with Gasteiger partial charge in [-0.2, -0.15) is 0 Å². The van der Waals surface area contributed by atoms with Gasteiger partial charge in [-0.1, -0.05) is 12.1 Å². The molecule has 1 N–H and O–H groups in total. The molecule has 1 aromatic carbocycles. The number of nitrogens with one attached hydrogen (secondary N) is 1. The highest BCUT2D eigenvalue weighted by Crippen LogP contribution is 2.40. The normalized spacial score (nSPS) is 14.7. The maximum atomic E-state index is 11.5. The summed E-state index contributed by atoms with van der Waals surface area (Å²) in [6, 6.07) is 7.93. The molecular weight excluding hydrogens is 234 g/mol. The van der Waals surface area contributed by atoms with E-state index in [4.69, 9.17) is 0 Å². The van der Waals surface area contributed by atoms with Crippen LogP contribution in [0.5, 0.6) is 0 Å². The highest BCUT2D eigenvalue weighted by atomic mass is 16.6. The molecule has 92 valence electrons. The smallest absolute Gasteiger partial charge is 0.268 e. The zero-order valence-corrected chi connectivity index (χ0v) is 9.50. The van der Waals surface area contributed by atoms with E-state index in [1.807, 2.05) is 0 Å². The minimum atomic E-state index is -0.440. The van der Waals surface area contributed by atoms with E-state index in [0.29, 0.717) is 11.6 Å². The van der Waals surface area contributed by atoms with E-state index in [-0.39, 0.29) is 11.2 Å². The highest BCUT2D eigenvalue weighted by Gasteiger charge is 2.29. The van der Waals surface area contributed by atoms with Gasteiger partial charge >= 0.3 is 0 Å². The molecule has 0 aliphatic heterocycles. The van der Waals surface area contributed by atoms with Crippen LogP contribution in [0.3, 0.4) is 0 Å². The lowest BCUT2D eigenvalue weighted by Gasteiger charge is -2.07. The fraction of sp³-hybridized carbons (Fsp3) is 0.250. The molecule has 0 bridgehead atoms. The molecule has 1 aliphatic rings. The number of aromatic nitrogens is 2. The molecule has 0 unspecified atom stereocenters. The van der Waals surface area contributed by atoms with Gasteiger partial charge in [0, 0.05) is 23.7 Å². The van der Waals surface area contributed by atoms with Gasteiger partial charge in [0.15, 0.2) is 0 Å². The second-order valence-corrected chi connectivity index (χ2v) is 4.40. The largest absolute Gasteiger partial charge is 0.294 e. The van der Waals surface area contributed by atoms with E-state index in [9.17, 15) is 14.9 Å². The number of rotatable bonds is 3. The van der Waals surface area contributed by atoms with Crippen LogP contribution in [0.2, 0.25) is 0 Å². The third-order valence-corrected chi connectivity index (χ3v) is 3.07. The lowest BCUT2D eigenvalue weighted by molar-refractivity contribution is -0.384. The molecule has 0 atom stereocenters. The molecular formula is C12H11N3O3. The maximum Gasteiger partial charge on any atom is 0.294 e. The Kier molecular flexibility index (Phi) is 2.29. The van der Waals surface area contributed by atoms with Gasteiger partial charge in [-0.15, -0.1) is 0 Å². The monoisotopic (exact) mass is 245 g/mol. The predicted octanol–water partition coefficient (Wildman–Crippen LogP) is 1.95. The van der Waals surface area contributed by atoms with Crippen LogP contribution in [0.15, 0.2) is 35.1 Å². The van der Waals surface area contributed by atoms with Crippen molar-refractivity contribution in [3.8, 4) is 5.69 Å². The lowest BCUT2D eigenvalue weighted by Crippen LogP contribution is -2.07. The number of para-hydroxylation sites is 2. The van der Waals surface area contributed by atoms with Crippen LogP contribution in [0, 0.1) is 10.1 Å². The van der Waals surface area contributed by atoms with Gasteiger partial charge in [0.1, 0.15) is 5.69 Å². The Morgan fingerprint density at radius 3 is 2.72 bits per heavy atom. The Morgan fingerprint density at radius 2 is 2.06 bits per heavy atom. The van der Waals surface area contributed by atoms with Gasteiger partial charge in [-0.05, 0) is 18.9 Å². The Balaban J connectivity index is 2.20. The molecule has 6 heteroatoms. The molecule has 1 aromatic heterocycles. The summed E-state index contributed by atoms with van der Waals surface area (Å²) in [6.45, 7) is 0. The Bertz CT molecular complexity index is 667. The summed E-state index contributed by atoms with van der Waals surface area (Å²) in [4.78, 5) is 22.0. The first kappa shape index (κ1) is 10.8. The van der Waals surface area contributed by atoms with Crippen molar-refractivity contribution in [2.45, 2.75) is 18.8 Å². The second-order valence-electron chi connectivity index (χ2n) is 4.40. The summed E-state index contributed by atoms with van der Waals surface area (Å²) < 4.78 is 1.54. The molecule has 6 nitrogen and oxygen atoms in total. The lowest BCUT2D eigenvalue weighted by atomic mass is 10.2. The van der Waals surface area contributed by atoms with Gasteiger partial charge in [0.25, 0.3) is 11.2 Å². The average Bonchev–Trinajstić information content (AvgIpc) is 3.12. The molecule has 0 amide bonds. The summed E-state index contributed by atoms with van der Waals surface area (Å²) in [5, 5.41) is 13.6. The van der Waals surface area contributed by atoms with Gasteiger partial charge < -0.3 is 0 Å². The molecule has 1 fully saturated rings. The van der Waals surface area contributed by atoms with Gasteiger partial charge in [0.2, 0.25) is 0 Å². The number of nitrogens with zero attached hydrogens (tertiary/aromatic N) is 2. The number of nitro benzene ring substituents is 1. The first-order valence-corrected chi connectivity index (χ1v) is 5.72. The number of hydrogen-bond donors (Lipinski definition) is 1. The van der Waals surface area contributed by atoms with Crippen LogP contribution in [-0.2, 0) is 0 Å². The molecule has 2 aromatic rings. The Labute approximate surface area is 102 Å². The van der Waals surface area contributed by atoms with E-state index < -0.39 is 4.92 Å². The standard InChI is InChI=1S/C12H11N3O3/c16-12-7-11(8-5-6-8)14(13-12)9-3-1-2-4-10(9)15(17)18/h1-4,7-8H,5-6H2,(H,13,16). The minimum absolute atomic E-state index is 0.00810. The number of benzene rings is 1. The van der Waals surface area contributed by atoms with Crippen molar-refractivity contribution in [1.29, 1.82) is 0 Å². The molecule has 1 saturated carbocycles. The molecule has 0 saturated heterocycles. The number of H-pyrrole nitrogens is 1. The van der Waals surface area contributed by atoms with Crippen molar-refractivity contribution in [3.05, 3.63) is 56.5 Å². The fourth-order valence-corrected chi connectivity index (χ4v) is 2.09. The van der Waals surface area contributed by atoms with Crippen molar-refractivity contribution in [3.63, 3.8) is 0 Å². The summed E-state index contributed by atoms with van der Waals surface area (Å²) in [5.41, 5.74) is 1.00. The van der Waals surface area contributed by atoms with Crippen LogP contribution in [-0.4, -0.2) is 14.7 Å². The molecule has 0 spiro atoms. The first-order valence-electron chi connectivity index (χ1n) is 5.72. The Hall–Kier alpha value is -2.37. The van der Waals surface area contributed by atoms with Crippen molar-refractivity contribution in [1.82, 2.24) is 9.78 Å². The molecule has 3 rings (SSSR count). The van der Waals surface area contributed by atoms with Crippen LogP contribution < -0.4 is 5.56 Å². The van der Waals surface area contributed by atoms with E-state index in [1.165, 1.54) is 16.8 Å². The zero-order chi connectivity index (χ0) is 12.7. The van der Waals surface area contributed by atoms with Gasteiger partial charge in [-0.3, -0.25) is 24.7 Å². The van der Waals surface area contributed by atoms with E-state index in [2.05, 4.69) is 5.10 Å². The SMILES string of the molecule is O=c1cc(C2CC2)n(-c2ccccc2[N+](=O)[O-])[nH]1. The Morgan fingerprint density at radius 1 is 1.33 bits per heavy atom. The average molecular weight is 245 g/mol. The summed E-state index contributed by atoms with van der Waals surface area (Å²) in [7, 11) is 0. The van der Waals surface area contributed by atoms with E-state index in [1.54, 1.807) is 18.2 Å². The molecule has 1 heterocycles. The highest BCUT2D eigenvalue weighted by molar-refractivity contribution is 5.52. The van der Waals surface area contributed by atoms with E-state index in [0.717, 1.165) is 18.5 Å². The van der Waals surface area contributed by atoms with Gasteiger partial charge in [0.05, 0.1) is 4.92 Å². The topological polar surface area (TPSA) is 80.9 Å². The quantitative estimate of drug-likeness (QED) is 0.662. The van der Waals surface area contributed by atoms with E-state index >= 15 is 0 Å². The third-order valence-electron chi connectivity index (χ3n) is 3.07. The predicted molar refractivity (Wildman–Crippen MR) is 65.0 cm³/mol. The minimum Gasteiger partial charge on any atom is -0.268 e. The summed E-state index contributed by atoms with van der Waals surface area (Å²) in [6.07, 6.45) is 2.05.